The number of ether oxygens (including phenoxy) is 1. The molecule has 2 N–H and O–H groups in total. The summed E-state index contributed by atoms with van der Waals surface area (Å²) in [6, 6.07) is 0.988. The first-order chi connectivity index (χ1) is 8.67. The lowest BCUT2D eigenvalue weighted by Gasteiger charge is -2.22. The number of amides is 1. The van der Waals surface area contributed by atoms with Gasteiger partial charge in [0, 0.05) is 10.3 Å². The van der Waals surface area contributed by atoms with E-state index in [0.717, 1.165) is 0 Å². The summed E-state index contributed by atoms with van der Waals surface area (Å²) in [4.78, 5) is 23.2. The van der Waals surface area contributed by atoms with Crippen molar-refractivity contribution in [2.45, 2.75) is 38.8 Å². The molecule has 0 unspecified atom stereocenters. The van der Waals surface area contributed by atoms with Crippen LogP contribution in [0.1, 0.15) is 38.1 Å². The van der Waals surface area contributed by atoms with Crippen LogP contribution in [0.15, 0.2) is 11.4 Å². The first kappa shape index (κ1) is 15.8. The number of aliphatic carboxylic acids is 1. The quantitative estimate of drug-likeness (QED) is 0.893. The molecule has 0 saturated heterocycles. The van der Waals surface area contributed by atoms with Crippen LogP contribution in [0.3, 0.4) is 0 Å². The van der Waals surface area contributed by atoms with E-state index in [-0.39, 0.29) is 6.42 Å². The maximum absolute atomic E-state index is 11.7. The molecule has 1 rings (SSSR count). The van der Waals surface area contributed by atoms with Crippen LogP contribution in [-0.2, 0) is 9.53 Å². The maximum atomic E-state index is 11.7. The fourth-order valence-corrected chi connectivity index (χ4v) is 2.49. The van der Waals surface area contributed by atoms with Crippen LogP contribution < -0.4 is 5.32 Å². The minimum Gasteiger partial charge on any atom is -0.481 e. The van der Waals surface area contributed by atoms with Crippen molar-refractivity contribution in [2.75, 3.05) is 0 Å². The number of hydrogen-bond acceptors (Lipinski definition) is 4. The average molecular weight is 306 g/mol. The van der Waals surface area contributed by atoms with Gasteiger partial charge in [0.25, 0.3) is 0 Å². The fraction of sp³-hybridized carbons (Fsp3) is 0.500. The van der Waals surface area contributed by atoms with Crippen molar-refractivity contribution in [3.63, 3.8) is 0 Å². The summed E-state index contributed by atoms with van der Waals surface area (Å²) < 4.78 is 5.11. The molecular weight excluding hydrogens is 290 g/mol. The van der Waals surface area contributed by atoms with Crippen LogP contribution in [0.2, 0.25) is 5.02 Å². The molecule has 1 aromatic heterocycles. The van der Waals surface area contributed by atoms with Gasteiger partial charge in [-0.3, -0.25) is 4.79 Å². The van der Waals surface area contributed by atoms with Gasteiger partial charge in [-0.15, -0.1) is 11.3 Å². The molecule has 0 spiro atoms. The van der Waals surface area contributed by atoms with E-state index < -0.39 is 23.7 Å². The van der Waals surface area contributed by atoms with Gasteiger partial charge in [0.1, 0.15) is 5.60 Å². The zero-order valence-corrected chi connectivity index (χ0v) is 12.5. The molecule has 1 atom stereocenters. The second kappa shape index (κ2) is 6.25. The van der Waals surface area contributed by atoms with Crippen molar-refractivity contribution in [3.8, 4) is 0 Å². The Balaban J connectivity index is 2.76. The molecule has 0 fully saturated rings. The molecule has 19 heavy (non-hydrogen) atoms. The number of alkyl carbamates (subject to hydrolysis) is 1. The third-order valence-corrected chi connectivity index (χ3v) is 3.39. The van der Waals surface area contributed by atoms with E-state index in [1.807, 2.05) is 0 Å². The highest BCUT2D eigenvalue weighted by molar-refractivity contribution is 7.10. The first-order valence-corrected chi connectivity index (χ1v) is 6.88. The third-order valence-electron chi connectivity index (χ3n) is 2.00. The Bertz CT molecular complexity index is 467. The van der Waals surface area contributed by atoms with E-state index in [9.17, 15) is 9.59 Å². The summed E-state index contributed by atoms with van der Waals surface area (Å²) in [5, 5.41) is 13.6. The zero-order valence-electron chi connectivity index (χ0n) is 10.9. The predicted octanol–water partition coefficient (Wildman–Crippen LogP) is 3.44. The van der Waals surface area contributed by atoms with E-state index in [1.165, 1.54) is 11.3 Å². The zero-order chi connectivity index (χ0) is 14.6. The summed E-state index contributed by atoms with van der Waals surface area (Å²) in [5.41, 5.74) is -0.634. The smallest absolute Gasteiger partial charge is 0.408 e. The van der Waals surface area contributed by atoms with Gasteiger partial charge < -0.3 is 15.2 Å². The lowest BCUT2D eigenvalue weighted by Crippen LogP contribution is -2.35. The van der Waals surface area contributed by atoms with Crippen molar-refractivity contribution < 1.29 is 19.4 Å². The monoisotopic (exact) mass is 305 g/mol. The molecular formula is C12H16ClNO4S. The second-order valence-electron chi connectivity index (χ2n) is 4.96. The molecule has 1 aromatic rings. The molecule has 0 aliphatic heterocycles. The number of rotatable bonds is 4. The molecule has 0 aromatic carbocycles. The summed E-state index contributed by atoms with van der Waals surface area (Å²) in [5.74, 6) is -1.01. The number of thiophene rings is 1. The van der Waals surface area contributed by atoms with Gasteiger partial charge in [-0.25, -0.2) is 4.79 Å². The number of carbonyl (C=O) groups is 2. The Hall–Kier alpha value is -1.27. The van der Waals surface area contributed by atoms with Gasteiger partial charge in [0.15, 0.2) is 0 Å². The summed E-state index contributed by atoms with van der Waals surface area (Å²) in [7, 11) is 0. The molecule has 0 bridgehead atoms. The second-order valence-corrected chi connectivity index (χ2v) is 6.34. The van der Waals surface area contributed by atoms with E-state index in [0.29, 0.717) is 9.90 Å². The Morgan fingerprint density at radius 3 is 2.58 bits per heavy atom. The highest BCUT2D eigenvalue weighted by Crippen LogP contribution is 2.27. The third kappa shape index (κ3) is 5.94. The molecule has 5 nitrogen and oxygen atoms in total. The minimum absolute atomic E-state index is 0.226. The Labute approximate surface area is 120 Å². The van der Waals surface area contributed by atoms with Crippen molar-refractivity contribution in [1.82, 2.24) is 5.32 Å². The first-order valence-electron chi connectivity index (χ1n) is 5.62. The molecule has 0 saturated carbocycles. The van der Waals surface area contributed by atoms with E-state index >= 15 is 0 Å². The highest BCUT2D eigenvalue weighted by Gasteiger charge is 2.23. The minimum atomic E-state index is -1.01. The van der Waals surface area contributed by atoms with Gasteiger partial charge in [0.05, 0.1) is 17.5 Å². The van der Waals surface area contributed by atoms with Gasteiger partial charge in [-0.1, -0.05) is 11.6 Å². The molecule has 1 amide bonds. The normalized spacial score (nSPS) is 12.8. The predicted molar refractivity (Wildman–Crippen MR) is 73.7 cm³/mol. The summed E-state index contributed by atoms with van der Waals surface area (Å²) in [6.07, 6.45) is -0.876. The number of carboxylic acids is 1. The molecule has 0 aliphatic rings. The number of nitrogens with one attached hydrogen (secondary N) is 1. The van der Waals surface area contributed by atoms with E-state index in [1.54, 1.807) is 32.2 Å². The largest absolute Gasteiger partial charge is 0.481 e. The van der Waals surface area contributed by atoms with Crippen LogP contribution in [0.5, 0.6) is 0 Å². The maximum Gasteiger partial charge on any atom is 0.408 e. The number of halogens is 1. The van der Waals surface area contributed by atoms with E-state index in [4.69, 9.17) is 21.4 Å². The van der Waals surface area contributed by atoms with Crippen LogP contribution in [0.4, 0.5) is 4.79 Å². The van der Waals surface area contributed by atoms with Crippen molar-refractivity contribution in [3.05, 3.63) is 21.3 Å². The van der Waals surface area contributed by atoms with Crippen molar-refractivity contribution in [2.24, 2.45) is 0 Å². The van der Waals surface area contributed by atoms with Crippen LogP contribution in [0, 0.1) is 0 Å². The van der Waals surface area contributed by atoms with Gasteiger partial charge in [-0.2, -0.15) is 0 Å². The van der Waals surface area contributed by atoms with Crippen LogP contribution in [-0.4, -0.2) is 22.8 Å². The lowest BCUT2D eigenvalue weighted by molar-refractivity contribution is -0.137. The molecule has 106 valence electrons. The molecule has 7 heteroatoms. The Morgan fingerprint density at radius 1 is 1.53 bits per heavy atom. The summed E-state index contributed by atoms with van der Waals surface area (Å²) in [6.45, 7) is 5.21. The number of carbonyl (C=O) groups excluding carboxylic acids is 1. The van der Waals surface area contributed by atoms with Gasteiger partial charge >= 0.3 is 12.1 Å². The molecule has 0 aliphatic carbocycles. The van der Waals surface area contributed by atoms with Crippen LogP contribution >= 0.6 is 22.9 Å². The van der Waals surface area contributed by atoms with Crippen molar-refractivity contribution in [1.29, 1.82) is 0 Å². The standard InChI is InChI=1S/C12H16ClNO4S/c1-12(2,3)18-11(17)14-8(5-10(15)16)9-4-7(13)6-19-9/h4,6,8H,5H2,1-3H3,(H,14,17)(H,15,16)/t8-/m0/s1. The molecule has 0 radical (unpaired) electrons. The lowest BCUT2D eigenvalue weighted by atomic mass is 10.1. The van der Waals surface area contributed by atoms with Gasteiger partial charge in [0.2, 0.25) is 0 Å². The SMILES string of the molecule is CC(C)(C)OC(=O)N[C@@H](CC(=O)O)c1cc(Cl)cs1. The molecule has 1 heterocycles. The highest BCUT2D eigenvalue weighted by atomic mass is 35.5. The number of hydrogen-bond donors (Lipinski definition) is 2. The van der Waals surface area contributed by atoms with Gasteiger partial charge in [-0.05, 0) is 26.8 Å². The fourth-order valence-electron chi connectivity index (χ4n) is 1.36. The number of carboxylic acid groups (broad SMARTS) is 1. The Kier molecular flexibility index (Phi) is 5.20. The average Bonchev–Trinajstić information content (AvgIpc) is 2.60. The van der Waals surface area contributed by atoms with E-state index in [2.05, 4.69) is 5.32 Å². The topological polar surface area (TPSA) is 75.6 Å². The van der Waals surface area contributed by atoms with Crippen LogP contribution in [0.25, 0.3) is 0 Å². The Morgan fingerprint density at radius 2 is 2.16 bits per heavy atom. The van der Waals surface area contributed by atoms with Crippen molar-refractivity contribution >= 4 is 35.0 Å². The summed E-state index contributed by atoms with van der Waals surface area (Å²) >= 11 is 7.10.